The molecule has 1 amide bonds. The smallest absolute Gasteiger partial charge is 0.226 e. The van der Waals surface area contributed by atoms with Crippen molar-refractivity contribution in [1.82, 2.24) is 19.7 Å². The summed E-state index contributed by atoms with van der Waals surface area (Å²) in [6.07, 6.45) is 4.14. The molecule has 0 spiro atoms. The van der Waals surface area contributed by atoms with Crippen LogP contribution in [0.25, 0.3) is 15.9 Å². The molecule has 0 fully saturated rings. The molecule has 6 heteroatoms. The predicted octanol–water partition coefficient (Wildman–Crippen LogP) is 2.74. The Bertz CT molecular complexity index is 888. The van der Waals surface area contributed by atoms with Gasteiger partial charge in [0, 0.05) is 29.0 Å². The van der Waals surface area contributed by atoms with Gasteiger partial charge in [0.15, 0.2) is 4.96 Å². The monoisotopic (exact) mass is 310 g/mol. The molecule has 4 rings (SSSR count). The highest BCUT2D eigenvalue weighted by atomic mass is 32.1. The first kappa shape index (κ1) is 13.1. The van der Waals surface area contributed by atoms with E-state index >= 15 is 0 Å². The van der Waals surface area contributed by atoms with Crippen LogP contribution in [-0.4, -0.2) is 20.3 Å². The van der Waals surface area contributed by atoms with Crippen LogP contribution >= 0.6 is 11.3 Å². The molecule has 22 heavy (non-hydrogen) atoms. The number of aromatic nitrogens is 3. The quantitative estimate of drug-likeness (QED) is 0.609. The summed E-state index contributed by atoms with van der Waals surface area (Å²) >= 11 is 1.56. The zero-order valence-corrected chi connectivity index (χ0v) is 12.6. The number of thiazole rings is 1. The van der Waals surface area contributed by atoms with Gasteiger partial charge in [-0.2, -0.15) is 0 Å². The van der Waals surface area contributed by atoms with Crippen LogP contribution in [0.5, 0.6) is 0 Å². The Labute approximate surface area is 130 Å². The third-order valence-corrected chi connectivity index (χ3v) is 4.32. The van der Waals surface area contributed by atoms with Crippen molar-refractivity contribution in [2.24, 2.45) is 0 Å². The van der Waals surface area contributed by atoms with Crippen molar-refractivity contribution in [3.05, 3.63) is 59.5 Å². The lowest BCUT2D eigenvalue weighted by atomic mass is 10.2. The molecular weight excluding hydrogens is 296 g/mol. The number of benzene rings is 1. The first-order valence-corrected chi connectivity index (χ1v) is 7.90. The third-order valence-electron chi connectivity index (χ3n) is 3.55. The molecule has 0 unspecified atom stereocenters. The summed E-state index contributed by atoms with van der Waals surface area (Å²) in [6, 6.07) is 10.1. The second kappa shape index (κ2) is 5.31. The summed E-state index contributed by atoms with van der Waals surface area (Å²) in [5, 5.41) is 6.06. The molecule has 0 radical (unpaired) electrons. The lowest BCUT2D eigenvalue weighted by Gasteiger charge is -2.01. The highest BCUT2D eigenvalue weighted by Gasteiger charge is 2.08. The number of para-hydroxylation sites is 1. The van der Waals surface area contributed by atoms with Gasteiger partial charge in [-0.05, 0) is 17.5 Å². The fourth-order valence-electron chi connectivity index (χ4n) is 2.51. The van der Waals surface area contributed by atoms with Crippen molar-refractivity contribution in [1.29, 1.82) is 0 Å². The minimum atomic E-state index is -0.0237. The molecule has 2 N–H and O–H groups in total. The number of carbonyl (C=O) groups excluding carboxylic acids is 1. The average Bonchev–Trinajstić information content (AvgIpc) is 3.18. The molecule has 3 heterocycles. The molecule has 3 aromatic heterocycles. The Morgan fingerprint density at radius 3 is 3.14 bits per heavy atom. The average molecular weight is 310 g/mol. The molecule has 110 valence electrons. The highest BCUT2D eigenvalue weighted by molar-refractivity contribution is 7.15. The fourth-order valence-corrected chi connectivity index (χ4v) is 3.23. The topological polar surface area (TPSA) is 62.2 Å². The van der Waals surface area contributed by atoms with Gasteiger partial charge in [0.25, 0.3) is 0 Å². The van der Waals surface area contributed by atoms with Crippen LogP contribution in [0, 0.1) is 0 Å². The molecule has 0 aliphatic carbocycles. The van der Waals surface area contributed by atoms with Crippen molar-refractivity contribution in [3.63, 3.8) is 0 Å². The molecule has 0 aliphatic rings. The Morgan fingerprint density at radius 2 is 2.27 bits per heavy atom. The number of H-pyrrole nitrogens is 1. The minimum Gasteiger partial charge on any atom is -0.357 e. The summed E-state index contributed by atoms with van der Waals surface area (Å²) in [7, 11) is 0. The van der Waals surface area contributed by atoms with Gasteiger partial charge in [0.2, 0.25) is 5.91 Å². The van der Waals surface area contributed by atoms with Gasteiger partial charge in [0.05, 0.1) is 18.7 Å². The Kier molecular flexibility index (Phi) is 3.16. The largest absolute Gasteiger partial charge is 0.357 e. The number of rotatable bonds is 4. The molecular formula is C16H14N4OS. The SMILES string of the molecule is O=C(Cc1cn2ccsc2n1)NCc1cc2ccccc2[nH]1. The van der Waals surface area contributed by atoms with E-state index in [1.807, 2.05) is 40.4 Å². The zero-order chi connectivity index (χ0) is 14.9. The van der Waals surface area contributed by atoms with Crippen LogP contribution in [0.2, 0.25) is 0 Å². The maximum absolute atomic E-state index is 12.0. The Hall–Kier alpha value is -2.60. The van der Waals surface area contributed by atoms with Crippen LogP contribution in [0.15, 0.2) is 48.1 Å². The summed E-state index contributed by atoms with van der Waals surface area (Å²) in [4.78, 5) is 20.7. The molecule has 4 aromatic rings. The van der Waals surface area contributed by atoms with Crippen molar-refractivity contribution in [2.75, 3.05) is 0 Å². The normalized spacial score (nSPS) is 11.3. The maximum atomic E-state index is 12.0. The van der Waals surface area contributed by atoms with E-state index in [4.69, 9.17) is 0 Å². The number of hydrogen-bond acceptors (Lipinski definition) is 3. The van der Waals surface area contributed by atoms with Gasteiger partial charge < -0.3 is 10.3 Å². The number of imidazole rings is 1. The van der Waals surface area contributed by atoms with E-state index in [9.17, 15) is 4.79 Å². The molecule has 1 aromatic carbocycles. The molecule has 5 nitrogen and oxygen atoms in total. The van der Waals surface area contributed by atoms with Crippen LogP contribution in [-0.2, 0) is 17.8 Å². The highest BCUT2D eigenvalue weighted by Crippen LogP contribution is 2.14. The number of aromatic amines is 1. The van der Waals surface area contributed by atoms with E-state index in [0.717, 1.165) is 27.3 Å². The summed E-state index contributed by atoms with van der Waals surface area (Å²) in [6.45, 7) is 0.496. The van der Waals surface area contributed by atoms with Crippen LogP contribution in [0.4, 0.5) is 0 Å². The van der Waals surface area contributed by atoms with E-state index in [-0.39, 0.29) is 5.91 Å². The van der Waals surface area contributed by atoms with Gasteiger partial charge in [-0.25, -0.2) is 4.98 Å². The number of fused-ring (bicyclic) bond motifs is 2. The second-order valence-corrected chi connectivity index (χ2v) is 6.03. The Balaban J connectivity index is 1.40. The second-order valence-electron chi connectivity index (χ2n) is 5.16. The van der Waals surface area contributed by atoms with E-state index in [1.54, 1.807) is 11.3 Å². The van der Waals surface area contributed by atoms with Crippen LogP contribution in [0.1, 0.15) is 11.4 Å². The van der Waals surface area contributed by atoms with Crippen molar-refractivity contribution in [2.45, 2.75) is 13.0 Å². The van der Waals surface area contributed by atoms with Crippen molar-refractivity contribution < 1.29 is 4.79 Å². The number of nitrogens with one attached hydrogen (secondary N) is 2. The predicted molar refractivity (Wildman–Crippen MR) is 86.9 cm³/mol. The van der Waals surface area contributed by atoms with Gasteiger partial charge in [-0.1, -0.05) is 18.2 Å². The first-order valence-electron chi connectivity index (χ1n) is 7.02. The van der Waals surface area contributed by atoms with Gasteiger partial charge >= 0.3 is 0 Å². The van der Waals surface area contributed by atoms with Crippen molar-refractivity contribution in [3.8, 4) is 0 Å². The van der Waals surface area contributed by atoms with E-state index in [0.29, 0.717) is 13.0 Å². The number of nitrogens with zero attached hydrogens (tertiary/aromatic N) is 2. The van der Waals surface area contributed by atoms with Gasteiger partial charge in [-0.3, -0.25) is 9.20 Å². The lowest BCUT2D eigenvalue weighted by Crippen LogP contribution is -2.24. The van der Waals surface area contributed by atoms with Crippen LogP contribution in [0.3, 0.4) is 0 Å². The van der Waals surface area contributed by atoms with Gasteiger partial charge in [-0.15, -0.1) is 11.3 Å². The molecule has 0 aliphatic heterocycles. The third kappa shape index (κ3) is 2.48. The van der Waals surface area contributed by atoms with E-state index in [2.05, 4.69) is 27.4 Å². The minimum absolute atomic E-state index is 0.0237. The molecule has 0 atom stereocenters. The maximum Gasteiger partial charge on any atom is 0.226 e. The van der Waals surface area contributed by atoms with E-state index < -0.39 is 0 Å². The summed E-state index contributed by atoms with van der Waals surface area (Å²) in [5.41, 5.74) is 2.88. The van der Waals surface area contributed by atoms with Gasteiger partial charge in [0.1, 0.15) is 0 Å². The van der Waals surface area contributed by atoms with Crippen LogP contribution < -0.4 is 5.32 Å². The molecule has 0 saturated carbocycles. The van der Waals surface area contributed by atoms with E-state index in [1.165, 1.54) is 0 Å². The number of hydrogen-bond donors (Lipinski definition) is 2. The number of amides is 1. The number of carbonyl (C=O) groups is 1. The standard InChI is InChI=1S/C16H14N4OS/c21-15(8-13-10-20-5-6-22-16(20)19-13)17-9-12-7-11-3-1-2-4-14(11)18-12/h1-7,10,18H,8-9H2,(H,17,21). The Morgan fingerprint density at radius 1 is 1.36 bits per heavy atom. The summed E-state index contributed by atoms with van der Waals surface area (Å²) in [5.74, 6) is -0.0237. The summed E-state index contributed by atoms with van der Waals surface area (Å²) < 4.78 is 1.94. The molecule has 0 bridgehead atoms. The van der Waals surface area contributed by atoms with Crippen molar-refractivity contribution >= 4 is 33.1 Å². The lowest BCUT2D eigenvalue weighted by molar-refractivity contribution is -0.120. The fraction of sp³-hybridized carbons (Fsp3) is 0.125. The molecule has 0 saturated heterocycles. The zero-order valence-electron chi connectivity index (χ0n) is 11.7. The first-order chi connectivity index (χ1) is 10.8.